The van der Waals surface area contributed by atoms with E-state index in [0.29, 0.717) is 0 Å². The lowest BCUT2D eigenvalue weighted by molar-refractivity contribution is 0.241. The fraction of sp³-hybridized carbons (Fsp3) is 0.353. The van der Waals surface area contributed by atoms with Crippen LogP contribution in [0.3, 0.4) is 0 Å². The van der Waals surface area contributed by atoms with Gasteiger partial charge in [-0.15, -0.1) is 11.8 Å². The SMILES string of the molecule is CNC(CSc1ccccc1)c1cncc(OC(C)C)c1. The van der Waals surface area contributed by atoms with Gasteiger partial charge in [0.05, 0.1) is 12.3 Å². The molecule has 1 heterocycles. The summed E-state index contributed by atoms with van der Waals surface area (Å²) in [6, 6.07) is 12.8. The van der Waals surface area contributed by atoms with Gasteiger partial charge in [0.25, 0.3) is 0 Å². The van der Waals surface area contributed by atoms with E-state index in [4.69, 9.17) is 4.74 Å². The van der Waals surface area contributed by atoms with Crippen molar-refractivity contribution in [2.45, 2.75) is 30.9 Å². The predicted molar refractivity (Wildman–Crippen MR) is 89.0 cm³/mol. The summed E-state index contributed by atoms with van der Waals surface area (Å²) < 4.78 is 5.72. The molecular formula is C17H22N2OS. The fourth-order valence-corrected chi connectivity index (χ4v) is 3.07. The summed E-state index contributed by atoms with van der Waals surface area (Å²) in [6.07, 6.45) is 3.83. The Kier molecular flexibility index (Phi) is 6.08. The summed E-state index contributed by atoms with van der Waals surface area (Å²) in [5.41, 5.74) is 1.15. The molecular weight excluding hydrogens is 280 g/mol. The Morgan fingerprint density at radius 1 is 1.19 bits per heavy atom. The number of nitrogens with zero attached hydrogens (tertiary/aromatic N) is 1. The third-order valence-corrected chi connectivity index (χ3v) is 4.12. The van der Waals surface area contributed by atoms with Crippen LogP contribution in [-0.4, -0.2) is 23.9 Å². The van der Waals surface area contributed by atoms with Gasteiger partial charge < -0.3 is 10.1 Å². The molecule has 112 valence electrons. The van der Waals surface area contributed by atoms with Gasteiger partial charge in [0.15, 0.2) is 0 Å². The van der Waals surface area contributed by atoms with Crippen LogP contribution in [0, 0.1) is 0 Å². The van der Waals surface area contributed by atoms with Crippen LogP contribution in [0.5, 0.6) is 5.75 Å². The van der Waals surface area contributed by atoms with Gasteiger partial charge in [-0.3, -0.25) is 4.98 Å². The second-order valence-corrected chi connectivity index (χ2v) is 6.18. The molecule has 1 aromatic carbocycles. The monoisotopic (exact) mass is 302 g/mol. The molecule has 0 radical (unpaired) electrons. The van der Waals surface area contributed by atoms with Crippen molar-refractivity contribution in [2.24, 2.45) is 0 Å². The average molecular weight is 302 g/mol. The van der Waals surface area contributed by atoms with Gasteiger partial charge in [-0.05, 0) is 44.7 Å². The highest BCUT2D eigenvalue weighted by Gasteiger charge is 2.11. The number of thioether (sulfide) groups is 1. The van der Waals surface area contributed by atoms with Crippen molar-refractivity contribution in [3.05, 3.63) is 54.4 Å². The lowest BCUT2D eigenvalue weighted by atomic mass is 10.1. The molecule has 21 heavy (non-hydrogen) atoms. The zero-order chi connectivity index (χ0) is 15.1. The first-order valence-corrected chi connectivity index (χ1v) is 8.14. The average Bonchev–Trinajstić information content (AvgIpc) is 2.49. The van der Waals surface area contributed by atoms with Crippen molar-refractivity contribution >= 4 is 11.8 Å². The van der Waals surface area contributed by atoms with E-state index in [1.54, 1.807) is 6.20 Å². The molecule has 4 heteroatoms. The second-order valence-electron chi connectivity index (χ2n) is 5.09. The highest BCUT2D eigenvalue weighted by Crippen LogP contribution is 2.26. The summed E-state index contributed by atoms with van der Waals surface area (Å²) >= 11 is 1.84. The molecule has 1 N–H and O–H groups in total. The van der Waals surface area contributed by atoms with Crippen molar-refractivity contribution in [2.75, 3.05) is 12.8 Å². The minimum Gasteiger partial charge on any atom is -0.489 e. The van der Waals surface area contributed by atoms with Crippen molar-refractivity contribution < 1.29 is 4.74 Å². The van der Waals surface area contributed by atoms with Crippen LogP contribution in [-0.2, 0) is 0 Å². The highest BCUT2D eigenvalue weighted by atomic mass is 32.2. The summed E-state index contributed by atoms with van der Waals surface area (Å²) in [5.74, 6) is 1.78. The Bertz CT molecular complexity index is 545. The van der Waals surface area contributed by atoms with Gasteiger partial charge in [0.1, 0.15) is 5.75 Å². The van der Waals surface area contributed by atoms with Gasteiger partial charge >= 0.3 is 0 Å². The second kappa shape index (κ2) is 8.05. The molecule has 0 aliphatic rings. The van der Waals surface area contributed by atoms with E-state index in [9.17, 15) is 0 Å². The minimum atomic E-state index is 0.161. The zero-order valence-electron chi connectivity index (χ0n) is 12.7. The third kappa shape index (κ3) is 5.06. The van der Waals surface area contributed by atoms with E-state index in [2.05, 4.69) is 40.6 Å². The fourth-order valence-electron chi connectivity index (χ4n) is 2.01. The Hall–Kier alpha value is -1.52. The van der Waals surface area contributed by atoms with Crippen LogP contribution < -0.4 is 10.1 Å². The Balaban J connectivity index is 2.03. The van der Waals surface area contributed by atoms with Crippen molar-refractivity contribution in [3.63, 3.8) is 0 Å². The lowest BCUT2D eigenvalue weighted by Gasteiger charge is -2.17. The molecule has 0 aliphatic heterocycles. The van der Waals surface area contributed by atoms with Gasteiger partial charge in [0.2, 0.25) is 0 Å². The molecule has 1 atom stereocenters. The summed E-state index contributed by atoms with van der Waals surface area (Å²) in [7, 11) is 1.98. The van der Waals surface area contributed by atoms with E-state index in [-0.39, 0.29) is 12.1 Å². The standard InChI is InChI=1S/C17H22N2OS/c1-13(2)20-15-9-14(10-19-11-15)17(18-3)12-21-16-7-5-4-6-8-16/h4-11,13,17-18H,12H2,1-3H3. The van der Waals surface area contributed by atoms with E-state index < -0.39 is 0 Å². The van der Waals surface area contributed by atoms with Crippen LogP contribution in [0.2, 0.25) is 0 Å². The molecule has 0 bridgehead atoms. The number of benzene rings is 1. The van der Waals surface area contributed by atoms with Gasteiger partial charge in [-0.2, -0.15) is 0 Å². The number of pyridine rings is 1. The molecule has 3 nitrogen and oxygen atoms in total. The summed E-state index contributed by atoms with van der Waals surface area (Å²) in [4.78, 5) is 5.57. The molecule has 0 fully saturated rings. The molecule has 2 aromatic rings. The van der Waals surface area contributed by atoms with Gasteiger partial charge in [-0.25, -0.2) is 0 Å². The third-order valence-electron chi connectivity index (χ3n) is 3.02. The number of aromatic nitrogens is 1. The normalized spacial score (nSPS) is 12.4. The highest BCUT2D eigenvalue weighted by molar-refractivity contribution is 7.99. The molecule has 1 aromatic heterocycles. The minimum absolute atomic E-state index is 0.161. The Labute approximate surface area is 131 Å². The predicted octanol–water partition coefficient (Wildman–Crippen LogP) is 3.92. The van der Waals surface area contributed by atoms with Crippen LogP contribution in [0.25, 0.3) is 0 Å². The first-order chi connectivity index (χ1) is 10.2. The summed E-state index contributed by atoms with van der Waals surface area (Å²) in [6.45, 7) is 4.04. The summed E-state index contributed by atoms with van der Waals surface area (Å²) in [5, 5.41) is 3.35. The number of nitrogens with one attached hydrogen (secondary N) is 1. The first kappa shape index (κ1) is 15.9. The Morgan fingerprint density at radius 2 is 1.95 bits per heavy atom. The molecule has 1 unspecified atom stereocenters. The lowest BCUT2D eigenvalue weighted by Crippen LogP contribution is -2.19. The largest absolute Gasteiger partial charge is 0.489 e. The van der Waals surface area contributed by atoms with E-state index in [1.807, 2.05) is 44.9 Å². The van der Waals surface area contributed by atoms with Crippen LogP contribution >= 0.6 is 11.8 Å². The maximum atomic E-state index is 5.72. The number of hydrogen-bond acceptors (Lipinski definition) is 4. The molecule has 0 amide bonds. The first-order valence-electron chi connectivity index (χ1n) is 7.15. The van der Waals surface area contributed by atoms with E-state index in [0.717, 1.165) is 17.1 Å². The van der Waals surface area contributed by atoms with Crippen molar-refractivity contribution in [3.8, 4) is 5.75 Å². The molecule has 2 rings (SSSR count). The van der Waals surface area contributed by atoms with Crippen LogP contribution in [0.4, 0.5) is 0 Å². The number of rotatable bonds is 7. The molecule has 0 saturated heterocycles. The van der Waals surface area contributed by atoms with Gasteiger partial charge in [-0.1, -0.05) is 18.2 Å². The Morgan fingerprint density at radius 3 is 2.62 bits per heavy atom. The maximum absolute atomic E-state index is 5.72. The van der Waals surface area contributed by atoms with Crippen LogP contribution in [0.15, 0.2) is 53.7 Å². The van der Waals surface area contributed by atoms with E-state index >= 15 is 0 Å². The molecule has 0 aliphatic carbocycles. The molecule has 0 spiro atoms. The smallest absolute Gasteiger partial charge is 0.138 e. The topological polar surface area (TPSA) is 34.2 Å². The van der Waals surface area contributed by atoms with Gasteiger partial charge in [0, 0.05) is 22.9 Å². The maximum Gasteiger partial charge on any atom is 0.138 e. The van der Waals surface area contributed by atoms with Crippen molar-refractivity contribution in [1.29, 1.82) is 0 Å². The molecule has 0 saturated carbocycles. The van der Waals surface area contributed by atoms with E-state index in [1.165, 1.54) is 4.90 Å². The van der Waals surface area contributed by atoms with Crippen molar-refractivity contribution in [1.82, 2.24) is 10.3 Å². The number of hydrogen-bond donors (Lipinski definition) is 1. The number of ether oxygens (including phenoxy) is 1. The van der Waals surface area contributed by atoms with Crippen LogP contribution in [0.1, 0.15) is 25.5 Å². The zero-order valence-corrected chi connectivity index (χ0v) is 13.6. The quantitative estimate of drug-likeness (QED) is 0.786.